The molecule has 2 aliphatic rings. The summed E-state index contributed by atoms with van der Waals surface area (Å²) in [5.41, 5.74) is 3.08. The quantitative estimate of drug-likeness (QED) is 0.574. The van der Waals surface area contributed by atoms with Gasteiger partial charge in [-0.25, -0.2) is 0 Å². The fraction of sp³-hybridized carbons (Fsp3) is 0.581. The van der Waals surface area contributed by atoms with E-state index >= 15 is 0 Å². The molecule has 0 spiro atoms. The molecular formula is C31H45N3O3. The number of carbonyl (C=O) groups excluding carboxylic acids is 1. The van der Waals surface area contributed by atoms with E-state index in [0.29, 0.717) is 24.0 Å². The smallest absolute Gasteiger partial charge is 0.240 e. The summed E-state index contributed by atoms with van der Waals surface area (Å²) in [4.78, 5) is 18.5. The highest BCUT2D eigenvalue weighted by Crippen LogP contribution is 2.40. The highest BCUT2D eigenvalue weighted by molar-refractivity contribution is 5.87. The lowest BCUT2D eigenvalue weighted by molar-refractivity contribution is -0.134. The molecule has 2 aromatic rings. The fourth-order valence-corrected chi connectivity index (χ4v) is 6.04. The summed E-state index contributed by atoms with van der Waals surface area (Å²) in [6.45, 7) is 14.6. The molecule has 4 atom stereocenters. The van der Waals surface area contributed by atoms with E-state index in [1.807, 2.05) is 25.2 Å². The van der Waals surface area contributed by atoms with Crippen LogP contribution in [0.3, 0.4) is 0 Å². The van der Waals surface area contributed by atoms with Crippen LogP contribution in [0.25, 0.3) is 0 Å². The molecule has 0 saturated carbocycles. The van der Waals surface area contributed by atoms with Gasteiger partial charge in [-0.2, -0.15) is 0 Å². The van der Waals surface area contributed by atoms with E-state index in [-0.39, 0.29) is 17.4 Å². The minimum absolute atomic E-state index is 0.0280. The fourth-order valence-electron chi connectivity index (χ4n) is 6.04. The number of amides is 1. The molecule has 0 aromatic heterocycles. The monoisotopic (exact) mass is 507 g/mol. The number of benzene rings is 2. The van der Waals surface area contributed by atoms with Crippen LogP contribution in [-0.4, -0.2) is 66.2 Å². The van der Waals surface area contributed by atoms with Gasteiger partial charge in [0.25, 0.3) is 0 Å². The first kappa shape index (κ1) is 27.5. The summed E-state index contributed by atoms with van der Waals surface area (Å²) >= 11 is 0. The first-order valence-electron chi connectivity index (χ1n) is 13.7. The van der Waals surface area contributed by atoms with Gasteiger partial charge in [0.1, 0.15) is 17.0 Å². The molecule has 2 N–H and O–H groups in total. The third kappa shape index (κ3) is 5.51. The van der Waals surface area contributed by atoms with Gasteiger partial charge in [0.2, 0.25) is 5.91 Å². The number of likely N-dealkylation sites (tertiary alicyclic amines) is 1. The second-order valence-electron chi connectivity index (χ2n) is 12.1. The number of ether oxygens (including phenoxy) is 1. The molecular weight excluding hydrogens is 462 g/mol. The number of hydrogen-bond acceptors (Lipinski definition) is 5. The number of phenols is 1. The summed E-state index contributed by atoms with van der Waals surface area (Å²) in [7, 11) is 3.73. The maximum atomic E-state index is 13.8. The zero-order valence-corrected chi connectivity index (χ0v) is 23.7. The van der Waals surface area contributed by atoms with Crippen LogP contribution in [0, 0.1) is 11.8 Å². The molecule has 2 aromatic carbocycles. The number of fused-ring (bicyclic) bond motifs is 1. The first-order valence-corrected chi connectivity index (χ1v) is 13.7. The third-order valence-electron chi connectivity index (χ3n) is 9.34. The van der Waals surface area contributed by atoms with E-state index in [2.05, 4.69) is 67.9 Å². The van der Waals surface area contributed by atoms with Crippen molar-refractivity contribution in [2.24, 2.45) is 11.8 Å². The minimum Gasteiger partial charge on any atom is -0.508 e. The number of nitrogens with one attached hydrogen (secondary N) is 1. The van der Waals surface area contributed by atoms with Crippen molar-refractivity contribution in [3.8, 4) is 11.5 Å². The molecule has 0 bridgehead atoms. The zero-order chi connectivity index (χ0) is 27.0. The molecule has 2 aliphatic heterocycles. The predicted molar refractivity (Wildman–Crippen MR) is 149 cm³/mol. The van der Waals surface area contributed by atoms with E-state index in [1.165, 1.54) is 16.7 Å². The number of methoxy groups -OCH3 is 1. The average Bonchev–Trinajstić information content (AvgIpc) is 2.86. The Balaban J connectivity index is 1.43. The normalized spacial score (nSPS) is 27.5. The summed E-state index contributed by atoms with van der Waals surface area (Å²) in [6, 6.07) is 14.0. The van der Waals surface area contributed by atoms with Crippen LogP contribution in [0.1, 0.15) is 57.7 Å². The average molecular weight is 508 g/mol. The molecule has 0 unspecified atom stereocenters. The van der Waals surface area contributed by atoms with Crippen molar-refractivity contribution in [2.45, 2.75) is 71.0 Å². The van der Waals surface area contributed by atoms with Gasteiger partial charge in [-0.1, -0.05) is 45.9 Å². The van der Waals surface area contributed by atoms with Crippen molar-refractivity contribution in [3.63, 3.8) is 0 Å². The molecule has 1 amide bonds. The predicted octanol–water partition coefficient (Wildman–Crippen LogP) is 4.59. The van der Waals surface area contributed by atoms with Gasteiger partial charge < -0.3 is 20.1 Å². The Kier molecular flexibility index (Phi) is 7.91. The van der Waals surface area contributed by atoms with Crippen molar-refractivity contribution in [1.82, 2.24) is 15.1 Å². The van der Waals surface area contributed by atoms with Crippen LogP contribution in [0.2, 0.25) is 0 Å². The number of phenolic OH excluding ortho intramolecular Hbond substituents is 1. The highest BCUT2D eigenvalue weighted by Gasteiger charge is 2.43. The number of aromatic hydroxyl groups is 1. The molecule has 0 aliphatic carbocycles. The molecule has 4 rings (SSSR count). The summed E-state index contributed by atoms with van der Waals surface area (Å²) in [5.74, 6) is 2.05. The van der Waals surface area contributed by atoms with Crippen molar-refractivity contribution in [1.29, 1.82) is 0 Å². The number of rotatable bonds is 7. The van der Waals surface area contributed by atoms with Crippen molar-refractivity contribution in [2.75, 3.05) is 33.8 Å². The Morgan fingerprint density at radius 1 is 1.19 bits per heavy atom. The van der Waals surface area contributed by atoms with Crippen LogP contribution in [0.4, 0.5) is 0 Å². The maximum Gasteiger partial charge on any atom is 0.240 e. The Bertz CT molecular complexity index is 1120. The number of hydrogen-bond donors (Lipinski definition) is 2. The number of nitrogens with zero attached hydrogens (tertiary/aromatic N) is 2. The minimum atomic E-state index is -0.599. The van der Waals surface area contributed by atoms with Gasteiger partial charge in [-0.15, -0.1) is 0 Å². The zero-order valence-electron chi connectivity index (χ0n) is 23.7. The van der Waals surface area contributed by atoms with Crippen molar-refractivity contribution >= 4 is 5.91 Å². The second-order valence-corrected chi connectivity index (χ2v) is 12.1. The maximum absolute atomic E-state index is 13.8. The molecule has 2 heterocycles. The number of carbonyl (C=O) groups is 1. The van der Waals surface area contributed by atoms with Crippen molar-refractivity contribution in [3.05, 3.63) is 59.2 Å². The van der Waals surface area contributed by atoms with Crippen LogP contribution in [0.5, 0.6) is 11.5 Å². The SMILES string of the molecule is COc1ccc2c(c1)CN(C)[C@@](C)(C(=O)N[C@H](CN1CC[C@@](C)(c3cccc(O)c3)[C@@H](C)C1)C(C)C)C2. The topological polar surface area (TPSA) is 65.0 Å². The highest BCUT2D eigenvalue weighted by atomic mass is 16.5. The van der Waals surface area contributed by atoms with Crippen LogP contribution in [0.15, 0.2) is 42.5 Å². The Morgan fingerprint density at radius 2 is 1.95 bits per heavy atom. The van der Waals surface area contributed by atoms with Crippen LogP contribution in [-0.2, 0) is 23.2 Å². The molecule has 0 radical (unpaired) electrons. The van der Waals surface area contributed by atoms with Gasteiger partial charge in [0, 0.05) is 25.7 Å². The van der Waals surface area contributed by atoms with Crippen LogP contribution < -0.4 is 10.1 Å². The summed E-state index contributed by atoms with van der Waals surface area (Å²) in [6.07, 6.45) is 1.71. The Labute approximate surface area is 223 Å². The van der Waals surface area contributed by atoms with Gasteiger partial charge in [-0.3, -0.25) is 9.69 Å². The number of piperidine rings is 1. The van der Waals surface area contributed by atoms with E-state index in [0.717, 1.165) is 38.3 Å². The van der Waals surface area contributed by atoms with Crippen LogP contribution >= 0.6 is 0 Å². The molecule has 1 fully saturated rings. The van der Waals surface area contributed by atoms with E-state index in [9.17, 15) is 9.90 Å². The Hall–Kier alpha value is -2.57. The molecule has 37 heavy (non-hydrogen) atoms. The van der Waals surface area contributed by atoms with E-state index < -0.39 is 5.54 Å². The largest absolute Gasteiger partial charge is 0.508 e. The molecule has 6 heteroatoms. The molecule has 6 nitrogen and oxygen atoms in total. The van der Waals surface area contributed by atoms with Crippen molar-refractivity contribution < 1.29 is 14.6 Å². The Morgan fingerprint density at radius 3 is 2.59 bits per heavy atom. The van der Waals surface area contributed by atoms with Gasteiger partial charge in [0.15, 0.2) is 0 Å². The second kappa shape index (κ2) is 10.7. The lowest BCUT2D eigenvalue weighted by atomic mass is 9.68. The molecule has 1 saturated heterocycles. The first-order chi connectivity index (χ1) is 17.5. The van der Waals surface area contributed by atoms with E-state index in [4.69, 9.17) is 4.74 Å². The number of likely N-dealkylation sites (N-methyl/N-ethyl adjacent to an activating group) is 1. The van der Waals surface area contributed by atoms with Gasteiger partial charge in [0.05, 0.1) is 7.11 Å². The van der Waals surface area contributed by atoms with E-state index in [1.54, 1.807) is 13.2 Å². The summed E-state index contributed by atoms with van der Waals surface area (Å²) in [5, 5.41) is 13.5. The summed E-state index contributed by atoms with van der Waals surface area (Å²) < 4.78 is 5.40. The lowest BCUT2D eigenvalue weighted by Crippen LogP contribution is -2.62. The van der Waals surface area contributed by atoms with Gasteiger partial charge in [-0.05, 0) is 91.6 Å². The standard InChI is InChI=1S/C31H45N3O3/c1-21(2)28(20-34-14-13-30(4,22(3)18-34)25-9-8-10-26(35)16-25)32-29(36)31(5)17-23-11-12-27(37-7)15-24(23)19-33(31)6/h8-12,15-16,21-22,28,35H,13-14,17-20H2,1-7H3,(H,32,36)/t22-,28+,30+,31+/m0/s1. The lowest BCUT2D eigenvalue weighted by Gasteiger charge is -2.47. The third-order valence-corrected chi connectivity index (χ3v) is 9.34. The van der Waals surface area contributed by atoms with Gasteiger partial charge >= 0.3 is 0 Å². The molecule has 202 valence electrons.